The van der Waals surface area contributed by atoms with Gasteiger partial charge in [-0.25, -0.2) is 4.99 Å². The summed E-state index contributed by atoms with van der Waals surface area (Å²) in [5, 5.41) is 6.43. The molecule has 0 bridgehead atoms. The molecule has 1 aliphatic heterocycles. The summed E-state index contributed by atoms with van der Waals surface area (Å²) in [5.41, 5.74) is 0. The molecular weight excluding hydrogens is 409 g/mol. The molecule has 1 rings (SSSR count). The van der Waals surface area contributed by atoms with E-state index >= 15 is 0 Å². The zero-order chi connectivity index (χ0) is 16.2. The average molecular weight is 441 g/mol. The maximum Gasteiger partial charge on any atom is 0.244 e. The highest BCUT2D eigenvalue weighted by Gasteiger charge is 2.17. The summed E-state index contributed by atoms with van der Waals surface area (Å²) in [5.74, 6) is 0.821. The summed E-state index contributed by atoms with van der Waals surface area (Å²) in [6.45, 7) is 8.08. The van der Waals surface area contributed by atoms with E-state index < -0.39 is 0 Å². The third-order valence-corrected chi connectivity index (χ3v) is 3.64. The van der Waals surface area contributed by atoms with Crippen molar-refractivity contribution in [2.24, 2.45) is 4.99 Å². The average Bonchev–Trinajstić information content (AvgIpc) is 3.04. The van der Waals surface area contributed by atoms with Gasteiger partial charge in [0.15, 0.2) is 5.96 Å². The lowest BCUT2D eigenvalue weighted by molar-refractivity contribution is -0.128. The maximum atomic E-state index is 12.0. The number of methoxy groups -OCH3 is 1. The second kappa shape index (κ2) is 13.8. The van der Waals surface area contributed by atoms with Crippen molar-refractivity contribution in [1.29, 1.82) is 0 Å². The first-order valence-corrected chi connectivity index (χ1v) is 8.14. The number of likely N-dealkylation sites (tertiary alicyclic amines) is 1. The van der Waals surface area contributed by atoms with Crippen LogP contribution in [0.4, 0.5) is 0 Å². The van der Waals surface area contributed by atoms with Gasteiger partial charge in [-0.3, -0.25) is 4.79 Å². The van der Waals surface area contributed by atoms with Crippen LogP contribution in [0, 0.1) is 0 Å². The molecule has 1 saturated heterocycles. The number of likely N-dealkylation sites (N-methyl/N-ethyl adjacent to an activating group) is 1. The minimum absolute atomic E-state index is 0. The van der Waals surface area contributed by atoms with E-state index in [0.29, 0.717) is 5.96 Å². The summed E-state index contributed by atoms with van der Waals surface area (Å²) >= 11 is 0. The monoisotopic (exact) mass is 441 g/mol. The van der Waals surface area contributed by atoms with Gasteiger partial charge in [0.2, 0.25) is 5.91 Å². The largest absolute Gasteiger partial charge is 0.383 e. The molecule has 136 valence electrons. The summed E-state index contributed by atoms with van der Waals surface area (Å²) in [4.78, 5) is 20.5. The normalized spacial score (nSPS) is 14.8. The van der Waals surface area contributed by atoms with Gasteiger partial charge in [0, 0.05) is 46.4 Å². The minimum atomic E-state index is 0. The molecular formula is C15H32IN5O2. The van der Waals surface area contributed by atoms with Gasteiger partial charge in [-0.1, -0.05) is 0 Å². The number of nitrogens with zero attached hydrogens (tertiary/aromatic N) is 3. The van der Waals surface area contributed by atoms with Crippen LogP contribution in [0.15, 0.2) is 4.99 Å². The maximum absolute atomic E-state index is 12.0. The fraction of sp³-hybridized carbons (Fsp3) is 0.867. The van der Waals surface area contributed by atoms with Crippen molar-refractivity contribution in [2.45, 2.75) is 19.8 Å². The molecule has 8 heteroatoms. The summed E-state index contributed by atoms with van der Waals surface area (Å²) in [6, 6.07) is 0. The SMILES string of the molecule is CCNC(=NCC(=O)N1CCCC1)NCCN(C)CCOC.I. The Morgan fingerprint density at radius 3 is 2.57 bits per heavy atom. The number of hydrogen-bond acceptors (Lipinski definition) is 4. The van der Waals surface area contributed by atoms with Crippen LogP contribution < -0.4 is 10.6 Å². The Hall–Kier alpha value is -0.610. The van der Waals surface area contributed by atoms with E-state index in [1.807, 2.05) is 11.8 Å². The molecule has 0 aromatic carbocycles. The highest BCUT2D eigenvalue weighted by atomic mass is 127. The van der Waals surface area contributed by atoms with E-state index in [1.165, 1.54) is 0 Å². The first-order valence-electron chi connectivity index (χ1n) is 8.14. The molecule has 7 nitrogen and oxygen atoms in total. The second-order valence-corrected chi connectivity index (χ2v) is 5.51. The van der Waals surface area contributed by atoms with Gasteiger partial charge in [-0.15, -0.1) is 24.0 Å². The molecule has 0 aromatic rings. The van der Waals surface area contributed by atoms with Crippen LogP contribution in [0.2, 0.25) is 0 Å². The Morgan fingerprint density at radius 2 is 1.96 bits per heavy atom. The van der Waals surface area contributed by atoms with Crippen LogP contribution in [0.5, 0.6) is 0 Å². The molecule has 0 aromatic heterocycles. The van der Waals surface area contributed by atoms with Crippen LogP contribution in [-0.2, 0) is 9.53 Å². The Bertz CT molecular complexity index is 349. The molecule has 0 atom stereocenters. The number of carbonyl (C=O) groups is 1. The van der Waals surface area contributed by atoms with Gasteiger partial charge in [0.05, 0.1) is 6.61 Å². The Kier molecular flexibility index (Phi) is 13.4. The highest BCUT2D eigenvalue weighted by molar-refractivity contribution is 14.0. The van der Waals surface area contributed by atoms with E-state index in [-0.39, 0.29) is 36.4 Å². The lowest BCUT2D eigenvalue weighted by Crippen LogP contribution is -2.42. The number of halogens is 1. The van der Waals surface area contributed by atoms with E-state index in [4.69, 9.17) is 4.74 Å². The van der Waals surface area contributed by atoms with Crippen LogP contribution in [-0.4, -0.2) is 88.2 Å². The number of guanidine groups is 1. The van der Waals surface area contributed by atoms with Gasteiger partial charge in [0.25, 0.3) is 0 Å². The molecule has 0 unspecified atom stereocenters. The van der Waals surface area contributed by atoms with Crippen molar-refractivity contribution in [2.75, 3.05) is 66.6 Å². The molecule has 2 N–H and O–H groups in total. The molecule has 1 amide bonds. The summed E-state index contributed by atoms with van der Waals surface area (Å²) in [6.07, 6.45) is 2.23. The Labute approximate surface area is 157 Å². The number of ether oxygens (including phenoxy) is 1. The van der Waals surface area contributed by atoms with Gasteiger partial charge in [-0.05, 0) is 26.8 Å². The molecule has 1 heterocycles. The Balaban J connectivity index is 0.00000484. The fourth-order valence-electron chi connectivity index (χ4n) is 2.28. The van der Waals surface area contributed by atoms with Gasteiger partial charge >= 0.3 is 0 Å². The summed E-state index contributed by atoms with van der Waals surface area (Å²) < 4.78 is 5.05. The van der Waals surface area contributed by atoms with Gasteiger partial charge in [0.1, 0.15) is 6.54 Å². The van der Waals surface area contributed by atoms with Crippen molar-refractivity contribution in [3.63, 3.8) is 0 Å². The first kappa shape index (κ1) is 22.4. The van der Waals surface area contributed by atoms with Crippen molar-refractivity contribution in [3.05, 3.63) is 0 Å². The van der Waals surface area contributed by atoms with Crippen LogP contribution in [0.1, 0.15) is 19.8 Å². The van der Waals surface area contributed by atoms with E-state index in [2.05, 4.69) is 27.6 Å². The predicted octanol–water partition coefficient (Wildman–Crippen LogP) is 0.360. The zero-order valence-corrected chi connectivity index (χ0v) is 17.0. The van der Waals surface area contributed by atoms with E-state index in [0.717, 1.165) is 58.7 Å². The lowest BCUT2D eigenvalue weighted by atomic mass is 10.4. The lowest BCUT2D eigenvalue weighted by Gasteiger charge is -2.18. The topological polar surface area (TPSA) is 69.2 Å². The molecule has 0 spiro atoms. The van der Waals surface area contributed by atoms with Crippen molar-refractivity contribution >= 4 is 35.8 Å². The molecule has 23 heavy (non-hydrogen) atoms. The van der Waals surface area contributed by atoms with Crippen LogP contribution in [0.3, 0.4) is 0 Å². The second-order valence-electron chi connectivity index (χ2n) is 5.51. The smallest absolute Gasteiger partial charge is 0.244 e. The molecule has 0 aliphatic carbocycles. The highest BCUT2D eigenvalue weighted by Crippen LogP contribution is 2.07. The third kappa shape index (κ3) is 9.98. The standard InChI is InChI=1S/C15H31N5O2.HI/c1-4-16-15(17-7-10-19(2)11-12-22-3)18-13-14(21)20-8-5-6-9-20;/h4-13H2,1-3H3,(H2,16,17,18);1H. The number of hydrogen-bond donors (Lipinski definition) is 2. The zero-order valence-electron chi connectivity index (χ0n) is 14.6. The molecule has 1 fully saturated rings. The van der Waals surface area contributed by atoms with Gasteiger partial charge < -0.3 is 25.2 Å². The van der Waals surface area contributed by atoms with Gasteiger partial charge in [-0.2, -0.15) is 0 Å². The van der Waals surface area contributed by atoms with E-state index in [1.54, 1.807) is 7.11 Å². The first-order chi connectivity index (χ1) is 10.7. The molecule has 1 aliphatic rings. The fourth-order valence-corrected chi connectivity index (χ4v) is 2.28. The van der Waals surface area contributed by atoms with Crippen LogP contribution >= 0.6 is 24.0 Å². The molecule has 0 radical (unpaired) electrons. The van der Waals surface area contributed by atoms with Crippen LogP contribution in [0.25, 0.3) is 0 Å². The minimum Gasteiger partial charge on any atom is -0.383 e. The predicted molar refractivity (Wildman–Crippen MR) is 105 cm³/mol. The third-order valence-electron chi connectivity index (χ3n) is 3.64. The Morgan fingerprint density at radius 1 is 1.26 bits per heavy atom. The van der Waals surface area contributed by atoms with E-state index in [9.17, 15) is 4.79 Å². The number of carbonyl (C=O) groups excluding carboxylic acids is 1. The van der Waals surface area contributed by atoms with Crippen molar-refractivity contribution < 1.29 is 9.53 Å². The summed E-state index contributed by atoms with van der Waals surface area (Å²) in [7, 11) is 3.76. The number of rotatable bonds is 9. The van der Waals surface area contributed by atoms with Crippen molar-refractivity contribution in [1.82, 2.24) is 20.4 Å². The number of aliphatic imine (C=N–C) groups is 1. The number of nitrogens with one attached hydrogen (secondary N) is 2. The van der Waals surface area contributed by atoms with Crippen molar-refractivity contribution in [3.8, 4) is 0 Å². The number of amides is 1. The quantitative estimate of drug-likeness (QED) is 0.307. The molecule has 0 saturated carbocycles.